The molecule has 1 aromatic carbocycles. The summed E-state index contributed by atoms with van der Waals surface area (Å²) in [6.45, 7) is 4.83. The highest BCUT2D eigenvalue weighted by Crippen LogP contribution is 2.60. The van der Waals surface area contributed by atoms with Crippen LogP contribution in [0.4, 0.5) is 0 Å². The molecule has 4 aliphatic carbocycles. The molecule has 1 aliphatic heterocycles. The third-order valence-electron chi connectivity index (χ3n) is 7.96. The number of hydrogen-bond donors (Lipinski definition) is 0. The van der Waals surface area contributed by atoms with Gasteiger partial charge in [-0.3, -0.25) is 9.59 Å². The van der Waals surface area contributed by atoms with Crippen molar-refractivity contribution in [3.05, 3.63) is 35.4 Å². The molecule has 0 spiro atoms. The lowest BCUT2D eigenvalue weighted by Crippen LogP contribution is -2.58. The van der Waals surface area contributed by atoms with Gasteiger partial charge in [0.2, 0.25) is 5.91 Å². The van der Waals surface area contributed by atoms with Crippen LogP contribution in [0.25, 0.3) is 0 Å². The van der Waals surface area contributed by atoms with Gasteiger partial charge in [-0.1, -0.05) is 19.1 Å². The smallest absolute Gasteiger partial charge is 0.253 e. The van der Waals surface area contributed by atoms with Crippen molar-refractivity contribution >= 4 is 11.8 Å². The maximum atomic E-state index is 13.5. The standard InChI is InChI=1S/C24H32N2O2/c1-2-17-3-5-21(6-4-17)22(27)25-7-9-26(10-8-25)23(28)24-14-18-11-19(15-24)13-20(12-18)16-24/h3-6,18-20H,2,7-16H2,1H3. The first-order chi connectivity index (χ1) is 13.6. The second kappa shape index (κ2) is 6.89. The van der Waals surface area contributed by atoms with Gasteiger partial charge in [0.25, 0.3) is 5.91 Å². The third kappa shape index (κ3) is 3.05. The number of carbonyl (C=O) groups is 2. The van der Waals surface area contributed by atoms with Crippen LogP contribution >= 0.6 is 0 Å². The van der Waals surface area contributed by atoms with Crippen LogP contribution in [0.3, 0.4) is 0 Å². The fourth-order valence-electron chi connectivity index (χ4n) is 6.89. The van der Waals surface area contributed by atoms with Crippen LogP contribution in [0.15, 0.2) is 24.3 Å². The summed E-state index contributed by atoms with van der Waals surface area (Å²) < 4.78 is 0. The van der Waals surface area contributed by atoms with Crippen molar-refractivity contribution in [1.29, 1.82) is 0 Å². The maximum Gasteiger partial charge on any atom is 0.253 e. The molecule has 150 valence electrons. The van der Waals surface area contributed by atoms with E-state index in [9.17, 15) is 9.59 Å². The molecule has 1 saturated heterocycles. The molecule has 0 N–H and O–H groups in total. The first-order valence-corrected chi connectivity index (χ1v) is 11.2. The van der Waals surface area contributed by atoms with E-state index < -0.39 is 0 Å². The van der Waals surface area contributed by atoms with E-state index in [0.717, 1.165) is 49.0 Å². The van der Waals surface area contributed by atoms with Gasteiger partial charge >= 0.3 is 0 Å². The van der Waals surface area contributed by atoms with Gasteiger partial charge in [0.15, 0.2) is 0 Å². The molecular formula is C24H32N2O2. The Hall–Kier alpha value is -1.84. The fraction of sp³-hybridized carbons (Fsp3) is 0.667. The molecule has 28 heavy (non-hydrogen) atoms. The van der Waals surface area contributed by atoms with Gasteiger partial charge in [0.1, 0.15) is 0 Å². The number of piperazine rings is 1. The molecular weight excluding hydrogens is 348 g/mol. The van der Waals surface area contributed by atoms with Crippen LogP contribution in [0, 0.1) is 23.2 Å². The topological polar surface area (TPSA) is 40.6 Å². The lowest BCUT2D eigenvalue weighted by Gasteiger charge is -2.57. The quantitative estimate of drug-likeness (QED) is 0.801. The SMILES string of the molecule is CCc1ccc(C(=O)N2CCN(C(=O)C34CC5CC(CC(C5)C3)C4)CC2)cc1. The van der Waals surface area contributed by atoms with Gasteiger partial charge in [-0.25, -0.2) is 0 Å². The molecule has 0 unspecified atom stereocenters. The summed E-state index contributed by atoms with van der Waals surface area (Å²) in [7, 11) is 0. The van der Waals surface area contributed by atoms with Gasteiger partial charge in [-0.05, 0) is 80.4 Å². The average Bonchev–Trinajstić information content (AvgIpc) is 2.72. The molecule has 1 heterocycles. The predicted molar refractivity (Wildman–Crippen MR) is 109 cm³/mol. The molecule has 5 aliphatic rings. The Morgan fingerprint density at radius 1 is 0.857 bits per heavy atom. The van der Waals surface area contributed by atoms with E-state index in [1.807, 2.05) is 29.2 Å². The number of carbonyl (C=O) groups excluding carboxylic acids is 2. The number of rotatable bonds is 3. The van der Waals surface area contributed by atoms with Crippen molar-refractivity contribution in [3.8, 4) is 0 Å². The lowest BCUT2D eigenvalue weighted by molar-refractivity contribution is -0.159. The minimum Gasteiger partial charge on any atom is -0.339 e. The Bertz CT molecular complexity index is 726. The van der Waals surface area contributed by atoms with Crippen LogP contribution in [-0.4, -0.2) is 47.8 Å². The number of aryl methyl sites for hydroxylation is 1. The van der Waals surface area contributed by atoms with Gasteiger partial charge in [-0.2, -0.15) is 0 Å². The Kier molecular flexibility index (Phi) is 4.48. The van der Waals surface area contributed by atoms with Crippen molar-refractivity contribution in [3.63, 3.8) is 0 Å². The highest BCUT2D eigenvalue weighted by Gasteiger charge is 2.55. The monoisotopic (exact) mass is 380 g/mol. The molecule has 4 heteroatoms. The Morgan fingerprint density at radius 3 is 1.86 bits per heavy atom. The van der Waals surface area contributed by atoms with Crippen molar-refractivity contribution in [2.24, 2.45) is 23.2 Å². The zero-order chi connectivity index (χ0) is 19.3. The number of benzene rings is 1. The Balaban J connectivity index is 1.22. The summed E-state index contributed by atoms with van der Waals surface area (Å²) in [4.78, 5) is 30.3. The summed E-state index contributed by atoms with van der Waals surface area (Å²) in [5.41, 5.74) is 1.96. The number of nitrogens with zero attached hydrogens (tertiary/aromatic N) is 2. The average molecular weight is 381 g/mol. The summed E-state index contributed by atoms with van der Waals surface area (Å²) >= 11 is 0. The van der Waals surface area contributed by atoms with E-state index in [1.54, 1.807) is 0 Å². The minimum absolute atomic E-state index is 0.0586. The van der Waals surface area contributed by atoms with E-state index in [0.29, 0.717) is 32.1 Å². The second-order valence-electron chi connectivity index (χ2n) is 9.83. The molecule has 5 fully saturated rings. The second-order valence-corrected chi connectivity index (χ2v) is 9.83. The molecule has 0 atom stereocenters. The first kappa shape index (κ1) is 18.2. The van der Waals surface area contributed by atoms with E-state index >= 15 is 0 Å². The maximum absolute atomic E-state index is 13.5. The van der Waals surface area contributed by atoms with Gasteiger partial charge in [0, 0.05) is 31.7 Å². The van der Waals surface area contributed by atoms with Gasteiger partial charge in [0.05, 0.1) is 5.41 Å². The minimum atomic E-state index is -0.0586. The van der Waals surface area contributed by atoms with Gasteiger partial charge < -0.3 is 9.80 Å². The molecule has 0 radical (unpaired) electrons. The van der Waals surface area contributed by atoms with Crippen LogP contribution in [0.2, 0.25) is 0 Å². The van der Waals surface area contributed by atoms with E-state index in [-0.39, 0.29) is 11.3 Å². The van der Waals surface area contributed by atoms with E-state index in [4.69, 9.17) is 0 Å². The molecule has 4 saturated carbocycles. The molecule has 4 nitrogen and oxygen atoms in total. The predicted octanol–water partition coefficient (Wildman–Crippen LogP) is 3.75. The summed E-state index contributed by atoms with van der Waals surface area (Å²) in [6, 6.07) is 7.96. The van der Waals surface area contributed by atoms with Gasteiger partial charge in [-0.15, -0.1) is 0 Å². The fourth-order valence-corrected chi connectivity index (χ4v) is 6.89. The van der Waals surface area contributed by atoms with Crippen molar-refractivity contribution < 1.29 is 9.59 Å². The lowest BCUT2D eigenvalue weighted by atomic mass is 9.49. The van der Waals surface area contributed by atoms with Crippen LogP contribution in [0.1, 0.15) is 61.4 Å². The molecule has 0 aromatic heterocycles. The Morgan fingerprint density at radius 2 is 1.36 bits per heavy atom. The first-order valence-electron chi connectivity index (χ1n) is 11.2. The van der Waals surface area contributed by atoms with Crippen LogP contribution < -0.4 is 0 Å². The molecule has 4 bridgehead atoms. The summed E-state index contributed by atoms with van der Waals surface area (Å²) in [6.07, 6.45) is 8.46. The third-order valence-corrected chi connectivity index (χ3v) is 7.96. The highest BCUT2D eigenvalue weighted by molar-refractivity contribution is 5.94. The summed E-state index contributed by atoms with van der Waals surface area (Å²) in [5, 5.41) is 0. The normalized spacial score (nSPS) is 34.0. The van der Waals surface area contributed by atoms with Crippen molar-refractivity contribution in [2.75, 3.05) is 26.2 Å². The number of hydrogen-bond acceptors (Lipinski definition) is 2. The van der Waals surface area contributed by atoms with Crippen molar-refractivity contribution in [2.45, 2.75) is 51.9 Å². The molecule has 6 rings (SSSR count). The molecule has 1 aromatic rings. The largest absolute Gasteiger partial charge is 0.339 e. The Labute approximate surface area is 168 Å². The molecule has 2 amide bonds. The highest BCUT2D eigenvalue weighted by atomic mass is 16.2. The summed E-state index contributed by atoms with van der Waals surface area (Å²) in [5.74, 6) is 2.90. The van der Waals surface area contributed by atoms with Crippen molar-refractivity contribution in [1.82, 2.24) is 9.80 Å². The van der Waals surface area contributed by atoms with Crippen LogP contribution in [0.5, 0.6) is 0 Å². The van der Waals surface area contributed by atoms with E-state index in [2.05, 4.69) is 11.8 Å². The zero-order valence-electron chi connectivity index (χ0n) is 17.0. The van der Waals surface area contributed by atoms with E-state index in [1.165, 1.54) is 24.8 Å². The number of amides is 2. The van der Waals surface area contributed by atoms with Crippen LogP contribution in [-0.2, 0) is 11.2 Å². The zero-order valence-corrected chi connectivity index (χ0v) is 17.0.